The third kappa shape index (κ3) is 2.53. The van der Waals surface area contributed by atoms with Gasteiger partial charge in [0, 0.05) is 13.1 Å². The molecule has 1 aromatic heterocycles. The van der Waals surface area contributed by atoms with Gasteiger partial charge >= 0.3 is 0 Å². The molecule has 5 heteroatoms. The molecule has 0 fully saturated rings. The molecule has 1 atom stereocenters. The molecule has 0 aliphatic carbocycles. The number of carbonyl (C=O) groups excluding carboxylic acids is 1. The van der Waals surface area contributed by atoms with Crippen LogP contribution in [0, 0.1) is 5.41 Å². The van der Waals surface area contributed by atoms with E-state index < -0.39 is 0 Å². The van der Waals surface area contributed by atoms with Gasteiger partial charge in [-0.25, -0.2) is 0 Å². The Morgan fingerprint density at radius 2 is 2.12 bits per heavy atom. The van der Waals surface area contributed by atoms with Crippen LogP contribution >= 0.6 is 0 Å². The van der Waals surface area contributed by atoms with E-state index in [1.54, 1.807) is 7.05 Å². The fourth-order valence-electron chi connectivity index (χ4n) is 1.21. The highest BCUT2D eigenvalue weighted by Gasteiger charge is 2.24. The van der Waals surface area contributed by atoms with Gasteiger partial charge < -0.3 is 11.1 Å². The first-order valence-electron chi connectivity index (χ1n) is 5.32. The number of anilines is 1. The van der Waals surface area contributed by atoms with Gasteiger partial charge in [-0.3, -0.25) is 9.48 Å². The zero-order valence-electron chi connectivity index (χ0n) is 10.5. The third-order valence-corrected chi connectivity index (χ3v) is 2.83. The van der Waals surface area contributed by atoms with Crippen LogP contribution in [0.3, 0.4) is 0 Å². The first kappa shape index (κ1) is 12.5. The maximum Gasteiger partial charge on any atom is 0.271 e. The second kappa shape index (κ2) is 4.15. The third-order valence-electron chi connectivity index (χ3n) is 2.83. The molecule has 0 aliphatic rings. The lowest BCUT2D eigenvalue weighted by atomic mass is 9.88. The second-order valence-electron chi connectivity index (χ2n) is 5.13. The van der Waals surface area contributed by atoms with E-state index in [1.165, 1.54) is 10.9 Å². The van der Waals surface area contributed by atoms with Crippen LogP contribution in [-0.2, 0) is 7.05 Å². The standard InChI is InChI=1S/C11H20N4O/c1-7(11(2,3)4)14-10(16)9-8(12)6-13-15(9)5/h6-7H,12H2,1-5H3,(H,14,16). The van der Waals surface area contributed by atoms with Gasteiger partial charge in [0.15, 0.2) is 0 Å². The van der Waals surface area contributed by atoms with Crippen molar-refractivity contribution >= 4 is 11.6 Å². The molecule has 1 aromatic rings. The van der Waals surface area contributed by atoms with Crippen LogP contribution < -0.4 is 11.1 Å². The molecule has 0 spiro atoms. The monoisotopic (exact) mass is 224 g/mol. The molecule has 16 heavy (non-hydrogen) atoms. The predicted molar refractivity (Wildman–Crippen MR) is 64.0 cm³/mol. The predicted octanol–water partition coefficient (Wildman–Crippen LogP) is 1.17. The average molecular weight is 224 g/mol. The smallest absolute Gasteiger partial charge is 0.271 e. The fourth-order valence-corrected chi connectivity index (χ4v) is 1.21. The van der Waals surface area contributed by atoms with Gasteiger partial charge in [0.2, 0.25) is 0 Å². The molecule has 1 rings (SSSR count). The van der Waals surface area contributed by atoms with E-state index in [-0.39, 0.29) is 17.4 Å². The van der Waals surface area contributed by atoms with Crippen LogP contribution in [0.1, 0.15) is 38.2 Å². The van der Waals surface area contributed by atoms with E-state index in [1.807, 2.05) is 6.92 Å². The van der Waals surface area contributed by atoms with Gasteiger partial charge in [-0.05, 0) is 12.3 Å². The topological polar surface area (TPSA) is 72.9 Å². The van der Waals surface area contributed by atoms with Gasteiger partial charge in [0.1, 0.15) is 5.69 Å². The van der Waals surface area contributed by atoms with Crippen molar-refractivity contribution in [2.45, 2.75) is 33.7 Å². The summed E-state index contributed by atoms with van der Waals surface area (Å²) in [5, 5.41) is 6.86. The van der Waals surface area contributed by atoms with Crippen molar-refractivity contribution in [3.05, 3.63) is 11.9 Å². The summed E-state index contributed by atoms with van der Waals surface area (Å²) in [6, 6.07) is 0.0642. The van der Waals surface area contributed by atoms with E-state index in [4.69, 9.17) is 5.73 Å². The summed E-state index contributed by atoms with van der Waals surface area (Å²) >= 11 is 0. The normalized spacial score (nSPS) is 13.6. The minimum Gasteiger partial charge on any atom is -0.396 e. The number of amides is 1. The SMILES string of the molecule is CC(NC(=O)c1c(N)cnn1C)C(C)(C)C. The van der Waals surface area contributed by atoms with Gasteiger partial charge in [-0.2, -0.15) is 5.10 Å². The van der Waals surface area contributed by atoms with E-state index in [0.717, 1.165) is 0 Å². The molecule has 0 bridgehead atoms. The minimum atomic E-state index is -0.181. The Balaban J connectivity index is 2.82. The molecule has 1 heterocycles. The summed E-state index contributed by atoms with van der Waals surface area (Å²) in [7, 11) is 1.70. The molecule has 1 unspecified atom stereocenters. The molecular formula is C11H20N4O. The second-order valence-corrected chi connectivity index (χ2v) is 5.13. The lowest BCUT2D eigenvalue weighted by Crippen LogP contribution is -2.42. The van der Waals surface area contributed by atoms with Gasteiger partial charge in [-0.1, -0.05) is 20.8 Å². The summed E-state index contributed by atoms with van der Waals surface area (Å²) in [5.41, 5.74) is 6.52. The number of nitrogens with one attached hydrogen (secondary N) is 1. The number of hydrogen-bond donors (Lipinski definition) is 2. The number of nitrogens with zero attached hydrogens (tertiary/aromatic N) is 2. The quantitative estimate of drug-likeness (QED) is 0.792. The number of rotatable bonds is 2. The van der Waals surface area contributed by atoms with E-state index in [2.05, 4.69) is 31.2 Å². The van der Waals surface area contributed by atoms with Gasteiger partial charge in [0.05, 0.1) is 11.9 Å². The zero-order chi connectivity index (χ0) is 12.5. The van der Waals surface area contributed by atoms with Crippen molar-refractivity contribution in [2.24, 2.45) is 12.5 Å². The average Bonchev–Trinajstić information content (AvgIpc) is 2.44. The maximum absolute atomic E-state index is 12.0. The van der Waals surface area contributed by atoms with Crippen LogP contribution in [0.15, 0.2) is 6.20 Å². The number of aryl methyl sites for hydroxylation is 1. The van der Waals surface area contributed by atoms with Crippen LogP contribution in [0.5, 0.6) is 0 Å². The summed E-state index contributed by atoms with van der Waals surface area (Å²) in [4.78, 5) is 12.0. The Morgan fingerprint density at radius 3 is 2.50 bits per heavy atom. The van der Waals surface area contributed by atoms with Crippen molar-refractivity contribution in [1.29, 1.82) is 0 Å². The van der Waals surface area contributed by atoms with E-state index >= 15 is 0 Å². The van der Waals surface area contributed by atoms with Crippen molar-refractivity contribution in [1.82, 2.24) is 15.1 Å². The van der Waals surface area contributed by atoms with Gasteiger partial charge in [0.25, 0.3) is 5.91 Å². The number of hydrogen-bond acceptors (Lipinski definition) is 3. The van der Waals surface area contributed by atoms with Crippen molar-refractivity contribution in [3.8, 4) is 0 Å². The molecular weight excluding hydrogens is 204 g/mol. The van der Waals surface area contributed by atoms with Crippen molar-refractivity contribution in [3.63, 3.8) is 0 Å². The number of nitrogens with two attached hydrogens (primary N) is 1. The summed E-state index contributed by atoms with van der Waals surface area (Å²) in [6.07, 6.45) is 1.48. The van der Waals surface area contributed by atoms with Crippen LogP contribution in [0.2, 0.25) is 0 Å². The van der Waals surface area contributed by atoms with Crippen LogP contribution in [-0.4, -0.2) is 21.7 Å². The molecule has 1 amide bonds. The summed E-state index contributed by atoms with van der Waals surface area (Å²) in [5.74, 6) is -0.181. The molecule has 90 valence electrons. The largest absolute Gasteiger partial charge is 0.396 e. The van der Waals surface area contributed by atoms with Gasteiger partial charge in [-0.15, -0.1) is 0 Å². The van der Waals surface area contributed by atoms with Crippen LogP contribution in [0.4, 0.5) is 5.69 Å². The Labute approximate surface area is 96.0 Å². The lowest BCUT2D eigenvalue weighted by molar-refractivity contribution is 0.0901. The molecule has 0 aromatic carbocycles. The Bertz CT molecular complexity index is 370. The molecule has 0 aliphatic heterocycles. The van der Waals surface area contributed by atoms with E-state index in [9.17, 15) is 4.79 Å². The fraction of sp³-hybridized carbons (Fsp3) is 0.636. The van der Waals surface area contributed by atoms with E-state index in [0.29, 0.717) is 11.4 Å². The summed E-state index contributed by atoms with van der Waals surface area (Å²) < 4.78 is 1.49. The highest BCUT2D eigenvalue weighted by molar-refractivity contribution is 5.97. The van der Waals surface area contributed by atoms with Crippen molar-refractivity contribution in [2.75, 3.05) is 5.73 Å². The molecule has 0 saturated heterocycles. The first-order valence-corrected chi connectivity index (χ1v) is 5.32. The lowest BCUT2D eigenvalue weighted by Gasteiger charge is -2.28. The van der Waals surface area contributed by atoms with Crippen LogP contribution in [0.25, 0.3) is 0 Å². The molecule has 0 radical (unpaired) electrons. The molecule has 0 saturated carbocycles. The number of aromatic nitrogens is 2. The number of nitrogen functional groups attached to an aromatic ring is 1. The first-order chi connectivity index (χ1) is 7.23. The Morgan fingerprint density at radius 1 is 1.56 bits per heavy atom. The zero-order valence-corrected chi connectivity index (χ0v) is 10.5. The molecule has 5 nitrogen and oxygen atoms in total. The Kier molecular flexibility index (Phi) is 3.26. The minimum absolute atomic E-state index is 0.0169. The van der Waals surface area contributed by atoms with Crippen molar-refractivity contribution < 1.29 is 4.79 Å². The maximum atomic E-state index is 12.0. The highest BCUT2D eigenvalue weighted by Crippen LogP contribution is 2.19. The number of carbonyl (C=O) groups is 1. The Hall–Kier alpha value is -1.52. The summed E-state index contributed by atoms with van der Waals surface area (Å²) in [6.45, 7) is 8.20. The molecule has 3 N–H and O–H groups in total. The highest BCUT2D eigenvalue weighted by atomic mass is 16.2.